The number of anilines is 1. The summed E-state index contributed by atoms with van der Waals surface area (Å²) in [5.41, 5.74) is 3.31. The van der Waals surface area contributed by atoms with Gasteiger partial charge in [-0.25, -0.2) is 4.39 Å². The van der Waals surface area contributed by atoms with Gasteiger partial charge in [-0.3, -0.25) is 9.36 Å². The fraction of sp³-hybridized carbons (Fsp3) is 0.160. The first kappa shape index (κ1) is 23.8. The molecule has 0 saturated heterocycles. The Labute approximate surface area is 206 Å². The normalized spacial score (nSPS) is 10.8. The number of benzene rings is 3. The number of thioether (sulfide) groups is 1. The van der Waals surface area contributed by atoms with Crippen LogP contribution >= 0.6 is 23.4 Å². The van der Waals surface area contributed by atoms with Crippen molar-refractivity contribution < 1.29 is 13.9 Å². The van der Waals surface area contributed by atoms with E-state index in [2.05, 4.69) is 15.5 Å². The van der Waals surface area contributed by atoms with Gasteiger partial charge >= 0.3 is 0 Å². The number of hydrogen-bond donors (Lipinski definition) is 1. The first-order valence-electron chi connectivity index (χ1n) is 10.6. The van der Waals surface area contributed by atoms with Crippen LogP contribution in [-0.2, 0) is 4.79 Å². The molecule has 174 valence electrons. The minimum absolute atomic E-state index is 0.0524. The molecule has 0 saturated carbocycles. The van der Waals surface area contributed by atoms with E-state index in [1.807, 2.05) is 66.9 Å². The number of aromatic nitrogens is 3. The van der Waals surface area contributed by atoms with Crippen LogP contribution in [0.1, 0.15) is 12.5 Å². The quantitative estimate of drug-likeness (QED) is 0.296. The van der Waals surface area contributed by atoms with Gasteiger partial charge in [-0.1, -0.05) is 53.2 Å². The molecule has 4 rings (SSSR count). The second-order valence-corrected chi connectivity index (χ2v) is 8.75. The van der Waals surface area contributed by atoms with Gasteiger partial charge in [0, 0.05) is 16.9 Å². The Hall–Kier alpha value is -3.36. The number of rotatable bonds is 8. The van der Waals surface area contributed by atoms with Crippen molar-refractivity contribution in [3.05, 3.63) is 83.1 Å². The lowest BCUT2D eigenvalue weighted by Crippen LogP contribution is -2.14. The summed E-state index contributed by atoms with van der Waals surface area (Å²) in [4.78, 5) is 12.5. The lowest BCUT2D eigenvalue weighted by atomic mass is 10.1. The topological polar surface area (TPSA) is 69.0 Å². The summed E-state index contributed by atoms with van der Waals surface area (Å²) >= 11 is 7.05. The molecule has 1 aromatic heterocycles. The van der Waals surface area contributed by atoms with Crippen LogP contribution in [0.3, 0.4) is 0 Å². The van der Waals surface area contributed by atoms with E-state index >= 15 is 0 Å². The van der Waals surface area contributed by atoms with Gasteiger partial charge in [0.1, 0.15) is 11.6 Å². The fourth-order valence-electron chi connectivity index (χ4n) is 3.24. The summed E-state index contributed by atoms with van der Waals surface area (Å²) in [5.74, 6) is 0.699. The summed E-state index contributed by atoms with van der Waals surface area (Å²) in [5, 5.41) is 12.0. The highest BCUT2D eigenvalue weighted by Crippen LogP contribution is 2.29. The standard InChI is InChI=1S/C25H22ClFN4O2S/c1-3-33-20-11-9-19(10-12-20)31-24(17-6-4-16(2)5-7-17)29-30-25(31)34-15-23(32)28-18-8-13-22(27)21(26)14-18/h4-14H,3,15H2,1-2H3,(H,28,32). The number of carbonyl (C=O) groups excluding carboxylic acids is 1. The summed E-state index contributed by atoms with van der Waals surface area (Å²) in [6.07, 6.45) is 0. The zero-order valence-corrected chi connectivity index (χ0v) is 20.2. The molecule has 4 aromatic rings. The Balaban J connectivity index is 1.59. The summed E-state index contributed by atoms with van der Waals surface area (Å²) in [6, 6.07) is 19.7. The number of halogens is 2. The number of aryl methyl sites for hydroxylation is 1. The molecule has 3 aromatic carbocycles. The monoisotopic (exact) mass is 496 g/mol. The van der Waals surface area contributed by atoms with Crippen molar-refractivity contribution in [3.63, 3.8) is 0 Å². The van der Waals surface area contributed by atoms with Gasteiger partial charge in [-0.2, -0.15) is 0 Å². The highest BCUT2D eigenvalue weighted by molar-refractivity contribution is 7.99. The molecule has 1 amide bonds. The maximum Gasteiger partial charge on any atom is 0.234 e. The zero-order valence-electron chi connectivity index (χ0n) is 18.6. The van der Waals surface area contributed by atoms with E-state index in [0.717, 1.165) is 22.6 Å². The molecule has 0 aliphatic carbocycles. The molecule has 0 spiro atoms. The third-order valence-electron chi connectivity index (χ3n) is 4.88. The van der Waals surface area contributed by atoms with Crippen molar-refractivity contribution in [3.8, 4) is 22.8 Å². The largest absolute Gasteiger partial charge is 0.494 e. The number of nitrogens with one attached hydrogen (secondary N) is 1. The Morgan fingerprint density at radius 2 is 1.82 bits per heavy atom. The second-order valence-electron chi connectivity index (χ2n) is 7.40. The molecular formula is C25H22ClFN4O2S. The number of ether oxygens (including phenoxy) is 1. The Bertz CT molecular complexity index is 1290. The zero-order chi connectivity index (χ0) is 24.1. The van der Waals surface area contributed by atoms with E-state index in [-0.39, 0.29) is 16.7 Å². The van der Waals surface area contributed by atoms with Crippen molar-refractivity contribution in [1.82, 2.24) is 14.8 Å². The van der Waals surface area contributed by atoms with Gasteiger partial charge in [0.25, 0.3) is 0 Å². The van der Waals surface area contributed by atoms with E-state index in [1.165, 1.54) is 30.0 Å². The summed E-state index contributed by atoms with van der Waals surface area (Å²) in [7, 11) is 0. The Morgan fingerprint density at radius 3 is 2.50 bits per heavy atom. The van der Waals surface area contributed by atoms with Crippen LogP contribution in [0.15, 0.2) is 71.9 Å². The minimum atomic E-state index is -0.541. The van der Waals surface area contributed by atoms with E-state index in [9.17, 15) is 9.18 Å². The molecule has 1 heterocycles. The molecule has 9 heteroatoms. The second kappa shape index (κ2) is 10.7. The van der Waals surface area contributed by atoms with Gasteiger partial charge in [-0.05, 0) is 56.3 Å². The molecule has 0 aliphatic rings. The number of hydrogen-bond acceptors (Lipinski definition) is 5. The third kappa shape index (κ3) is 5.58. The Kier molecular flexibility index (Phi) is 7.49. The van der Waals surface area contributed by atoms with E-state index in [1.54, 1.807) is 0 Å². The summed E-state index contributed by atoms with van der Waals surface area (Å²) in [6.45, 7) is 4.54. The molecule has 1 N–H and O–H groups in total. The molecule has 0 atom stereocenters. The average molecular weight is 497 g/mol. The van der Waals surface area contributed by atoms with Crippen LogP contribution in [0.25, 0.3) is 17.1 Å². The molecule has 0 fully saturated rings. The van der Waals surface area contributed by atoms with Gasteiger partial charge in [-0.15, -0.1) is 10.2 Å². The third-order valence-corrected chi connectivity index (χ3v) is 6.10. The van der Waals surface area contributed by atoms with E-state index < -0.39 is 5.82 Å². The molecule has 0 unspecified atom stereocenters. The van der Waals surface area contributed by atoms with Crippen LogP contribution in [0, 0.1) is 12.7 Å². The Morgan fingerprint density at radius 1 is 1.09 bits per heavy atom. The molecule has 34 heavy (non-hydrogen) atoms. The lowest BCUT2D eigenvalue weighted by molar-refractivity contribution is -0.113. The first-order valence-corrected chi connectivity index (χ1v) is 11.9. The maximum atomic E-state index is 13.4. The van der Waals surface area contributed by atoms with E-state index in [4.69, 9.17) is 16.3 Å². The smallest absolute Gasteiger partial charge is 0.234 e. The molecule has 0 aliphatic heterocycles. The molecule has 0 bridgehead atoms. The SMILES string of the molecule is CCOc1ccc(-n2c(SCC(=O)Nc3ccc(F)c(Cl)c3)nnc2-c2ccc(C)cc2)cc1. The van der Waals surface area contributed by atoms with Crippen molar-refractivity contribution >= 4 is 35.0 Å². The van der Waals surface area contributed by atoms with Crippen LogP contribution in [0.4, 0.5) is 10.1 Å². The van der Waals surface area contributed by atoms with Gasteiger partial charge in [0.05, 0.1) is 17.4 Å². The van der Waals surface area contributed by atoms with Crippen molar-refractivity contribution in [2.75, 3.05) is 17.7 Å². The van der Waals surface area contributed by atoms with Crippen LogP contribution in [0.5, 0.6) is 5.75 Å². The number of amides is 1. The van der Waals surface area contributed by atoms with Crippen molar-refractivity contribution in [2.24, 2.45) is 0 Å². The van der Waals surface area contributed by atoms with Crippen molar-refractivity contribution in [2.45, 2.75) is 19.0 Å². The van der Waals surface area contributed by atoms with Crippen LogP contribution in [0.2, 0.25) is 5.02 Å². The number of nitrogens with zero attached hydrogens (tertiary/aromatic N) is 3. The molecule has 6 nitrogen and oxygen atoms in total. The minimum Gasteiger partial charge on any atom is -0.494 e. The first-order chi connectivity index (χ1) is 16.4. The van der Waals surface area contributed by atoms with Gasteiger partial charge in [0.2, 0.25) is 5.91 Å². The predicted octanol–water partition coefficient (Wildman–Crippen LogP) is 6.16. The molecule has 0 radical (unpaired) electrons. The highest BCUT2D eigenvalue weighted by atomic mass is 35.5. The van der Waals surface area contributed by atoms with Crippen molar-refractivity contribution in [1.29, 1.82) is 0 Å². The van der Waals surface area contributed by atoms with Gasteiger partial charge < -0.3 is 10.1 Å². The molecular weight excluding hydrogens is 475 g/mol. The predicted molar refractivity (Wildman–Crippen MR) is 133 cm³/mol. The lowest BCUT2D eigenvalue weighted by Gasteiger charge is -2.12. The van der Waals surface area contributed by atoms with Gasteiger partial charge in [0.15, 0.2) is 11.0 Å². The fourth-order valence-corrected chi connectivity index (χ4v) is 4.18. The number of carbonyl (C=O) groups is 1. The highest BCUT2D eigenvalue weighted by Gasteiger charge is 2.18. The average Bonchev–Trinajstić information content (AvgIpc) is 3.25. The summed E-state index contributed by atoms with van der Waals surface area (Å²) < 4.78 is 20.8. The maximum absolute atomic E-state index is 13.4. The van der Waals surface area contributed by atoms with E-state index in [0.29, 0.717) is 23.3 Å². The van der Waals surface area contributed by atoms with Crippen LogP contribution < -0.4 is 10.1 Å². The van der Waals surface area contributed by atoms with Crippen LogP contribution in [-0.4, -0.2) is 33.0 Å².